The van der Waals surface area contributed by atoms with E-state index in [0.717, 1.165) is 11.3 Å². The number of hydrogen-bond acceptors (Lipinski definition) is 2. The van der Waals surface area contributed by atoms with Gasteiger partial charge in [-0.2, -0.15) is 0 Å². The fraction of sp³-hybridized carbons (Fsp3) is 0.263. The van der Waals surface area contributed by atoms with E-state index < -0.39 is 0 Å². The summed E-state index contributed by atoms with van der Waals surface area (Å²) >= 11 is 6.10. The highest BCUT2D eigenvalue weighted by atomic mass is 35.5. The Labute approximate surface area is 152 Å². The van der Waals surface area contributed by atoms with Crippen LogP contribution in [-0.2, 0) is 0 Å². The Balaban J connectivity index is 1.56. The Morgan fingerprint density at radius 3 is 2.16 bits per heavy atom. The highest BCUT2D eigenvalue weighted by Crippen LogP contribution is 2.18. The Morgan fingerprint density at radius 2 is 1.52 bits per heavy atom. The third-order valence-corrected chi connectivity index (χ3v) is 4.59. The molecule has 1 aliphatic heterocycles. The third kappa shape index (κ3) is 4.12. The van der Waals surface area contributed by atoms with Crippen LogP contribution in [0.5, 0.6) is 0 Å². The maximum absolute atomic E-state index is 12.5. The summed E-state index contributed by atoms with van der Waals surface area (Å²) in [6.45, 7) is 3.97. The average Bonchev–Trinajstić information content (AvgIpc) is 2.63. The van der Waals surface area contributed by atoms with Gasteiger partial charge in [-0.1, -0.05) is 41.4 Å². The van der Waals surface area contributed by atoms with E-state index in [2.05, 4.69) is 5.32 Å². The lowest BCUT2D eigenvalue weighted by Crippen LogP contribution is -2.51. The van der Waals surface area contributed by atoms with Crippen molar-refractivity contribution in [3.63, 3.8) is 0 Å². The van der Waals surface area contributed by atoms with Crippen molar-refractivity contribution in [2.24, 2.45) is 0 Å². The van der Waals surface area contributed by atoms with Crippen LogP contribution in [-0.4, -0.2) is 47.9 Å². The van der Waals surface area contributed by atoms with Gasteiger partial charge in [-0.05, 0) is 31.2 Å². The molecule has 25 heavy (non-hydrogen) atoms. The van der Waals surface area contributed by atoms with E-state index in [0.29, 0.717) is 36.8 Å². The normalized spacial score (nSPS) is 14.3. The zero-order valence-corrected chi connectivity index (χ0v) is 14.8. The molecule has 0 aromatic heterocycles. The molecule has 0 radical (unpaired) electrons. The second-order valence-electron chi connectivity index (χ2n) is 6.06. The van der Waals surface area contributed by atoms with Crippen molar-refractivity contribution in [3.8, 4) is 0 Å². The quantitative estimate of drug-likeness (QED) is 0.892. The minimum atomic E-state index is -0.145. The number of nitrogens with one attached hydrogen (secondary N) is 1. The van der Waals surface area contributed by atoms with Gasteiger partial charge in [0.25, 0.3) is 5.91 Å². The smallest absolute Gasteiger partial charge is 0.321 e. The number of carbonyl (C=O) groups excluding carboxylic acids is 2. The molecule has 1 heterocycles. The van der Waals surface area contributed by atoms with Crippen molar-refractivity contribution >= 4 is 29.2 Å². The van der Waals surface area contributed by atoms with Crippen LogP contribution in [0.4, 0.5) is 10.5 Å². The van der Waals surface area contributed by atoms with E-state index in [1.807, 2.05) is 31.2 Å². The minimum Gasteiger partial charge on any atom is -0.335 e. The summed E-state index contributed by atoms with van der Waals surface area (Å²) in [5.41, 5.74) is 2.41. The topological polar surface area (TPSA) is 52.7 Å². The number of amides is 3. The number of nitrogens with zero attached hydrogens (tertiary/aromatic N) is 2. The molecule has 3 rings (SSSR count). The van der Waals surface area contributed by atoms with Crippen LogP contribution in [0.25, 0.3) is 0 Å². The third-order valence-electron chi connectivity index (χ3n) is 4.26. The Kier molecular flexibility index (Phi) is 5.24. The molecule has 1 fully saturated rings. The summed E-state index contributed by atoms with van der Waals surface area (Å²) < 4.78 is 0. The number of hydrogen-bond donors (Lipinski definition) is 1. The fourth-order valence-electron chi connectivity index (χ4n) is 2.76. The molecular weight excluding hydrogens is 338 g/mol. The molecule has 6 heteroatoms. The number of piperazine rings is 1. The SMILES string of the molecule is Cc1ccc(NC(=O)N2CCN(C(=O)c3ccccc3Cl)CC2)cc1. The van der Waals surface area contributed by atoms with Crippen LogP contribution < -0.4 is 5.32 Å². The average molecular weight is 358 g/mol. The van der Waals surface area contributed by atoms with Crippen molar-refractivity contribution in [2.75, 3.05) is 31.5 Å². The van der Waals surface area contributed by atoms with Gasteiger partial charge in [0.1, 0.15) is 0 Å². The van der Waals surface area contributed by atoms with Gasteiger partial charge in [0, 0.05) is 31.9 Å². The van der Waals surface area contributed by atoms with Crippen LogP contribution in [0.2, 0.25) is 5.02 Å². The first-order valence-electron chi connectivity index (χ1n) is 8.21. The minimum absolute atomic E-state index is 0.0933. The van der Waals surface area contributed by atoms with Crippen LogP contribution in [0.1, 0.15) is 15.9 Å². The van der Waals surface area contributed by atoms with Gasteiger partial charge in [-0.25, -0.2) is 4.79 Å². The van der Waals surface area contributed by atoms with Crippen molar-refractivity contribution in [1.29, 1.82) is 0 Å². The number of halogens is 1. The summed E-state index contributed by atoms with van der Waals surface area (Å²) in [4.78, 5) is 28.3. The molecule has 0 spiro atoms. The summed E-state index contributed by atoms with van der Waals surface area (Å²) in [5.74, 6) is -0.0933. The molecule has 1 aliphatic rings. The van der Waals surface area contributed by atoms with E-state index >= 15 is 0 Å². The van der Waals surface area contributed by atoms with E-state index in [-0.39, 0.29) is 11.9 Å². The van der Waals surface area contributed by atoms with Crippen molar-refractivity contribution in [2.45, 2.75) is 6.92 Å². The Hall–Kier alpha value is -2.53. The highest BCUT2D eigenvalue weighted by Gasteiger charge is 2.25. The maximum Gasteiger partial charge on any atom is 0.321 e. The Bertz CT molecular complexity index is 768. The number of rotatable bonds is 2. The largest absolute Gasteiger partial charge is 0.335 e. The lowest BCUT2D eigenvalue weighted by molar-refractivity contribution is 0.0672. The van der Waals surface area contributed by atoms with Crippen LogP contribution in [0.3, 0.4) is 0 Å². The van der Waals surface area contributed by atoms with E-state index in [4.69, 9.17) is 11.6 Å². The summed E-state index contributed by atoms with van der Waals surface area (Å²) in [7, 11) is 0. The van der Waals surface area contributed by atoms with Gasteiger partial charge in [0.15, 0.2) is 0 Å². The zero-order chi connectivity index (χ0) is 17.8. The predicted molar refractivity (Wildman–Crippen MR) is 99.1 cm³/mol. The highest BCUT2D eigenvalue weighted by molar-refractivity contribution is 6.33. The van der Waals surface area contributed by atoms with E-state index in [9.17, 15) is 9.59 Å². The molecule has 2 aromatic rings. The summed E-state index contributed by atoms with van der Waals surface area (Å²) in [6.07, 6.45) is 0. The molecule has 5 nitrogen and oxygen atoms in total. The standard InChI is InChI=1S/C19H20ClN3O2/c1-14-6-8-15(9-7-14)21-19(25)23-12-10-22(11-13-23)18(24)16-4-2-3-5-17(16)20/h2-9H,10-13H2,1H3,(H,21,25). The number of benzene rings is 2. The lowest BCUT2D eigenvalue weighted by atomic mass is 10.2. The van der Waals surface area contributed by atoms with Crippen molar-refractivity contribution < 1.29 is 9.59 Å². The van der Waals surface area contributed by atoms with Gasteiger partial charge in [0.2, 0.25) is 0 Å². The first-order valence-corrected chi connectivity index (χ1v) is 8.59. The predicted octanol–water partition coefficient (Wildman–Crippen LogP) is 3.64. The van der Waals surface area contributed by atoms with Gasteiger partial charge in [0.05, 0.1) is 10.6 Å². The second-order valence-corrected chi connectivity index (χ2v) is 6.46. The monoisotopic (exact) mass is 357 g/mol. The lowest BCUT2D eigenvalue weighted by Gasteiger charge is -2.34. The van der Waals surface area contributed by atoms with Gasteiger partial charge < -0.3 is 15.1 Å². The number of aryl methyl sites for hydroxylation is 1. The van der Waals surface area contributed by atoms with Crippen LogP contribution in [0, 0.1) is 6.92 Å². The van der Waals surface area contributed by atoms with Crippen molar-refractivity contribution in [1.82, 2.24) is 9.80 Å². The van der Waals surface area contributed by atoms with Gasteiger partial charge in [-0.3, -0.25) is 4.79 Å². The molecule has 1 N–H and O–H groups in total. The van der Waals surface area contributed by atoms with Crippen LogP contribution >= 0.6 is 11.6 Å². The molecule has 0 aliphatic carbocycles. The van der Waals surface area contributed by atoms with Crippen molar-refractivity contribution in [3.05, 3.63) is 64.7 Å². The Morgan fingerprint density at radius 1 is 0.920 bits per heavy atom. The number of anilines is 1. The molecule has 2 aromatic carbocycles. The molecule has 0 unspecified atom stereocenters. The summed E-state index contributed by atoms with van der Waals surface area (Å²) in [6, 6.07) is 14.5. The summed E-state index contributed by atoms with van der Waals surface area (Å²) in [5, 5.41) is 3.34. The van der Waals surface area contributed by atoms with E-state index in [1.165, 1.54) is 0 Å². The number of carbonyl (C=O) groups is 2. The molecule has 0 bridgehead atoms. The molecule has 0 saturated carbocycles. The molecule has 130 valence electrons. The van der Waals surface area contributed by atoms with Gasteiger partial charge in [-0.15, -0.1) is 0 Å². The van der Waals surface area contributed by atoms with Crippen LogP contribution in [0.15, 0.2) is 48.5 Å². The van der Waals surface area contributed by atoms with E-state index in [1.54, 1.807) is 34.1 Å². The first kappa shape index (κ1) is 17.3. The molecular formula is C19H20ClN3O2. The molecule has 1 saturated heterocycles. The zero-order valence-electron chi connectivity index (χ0n) is 14.0. The van der Waals surface area contributed by atoms with Gasteiger partial charge >= 0.3 is 6.03 Å². The second kappa shape index (κ2) is 7.57. The molecule has 0 atom stereocenters. The number of urea groups is 1. The maximum atomic E-state index is 12.5. The first-order chi connectivity index (χ1) is 12.0. The fourth-order valence-corrected chi connectivity index (χ4v) is 2.97. The molecule has 3 amide bonds.